The maximum atomic E-state index is 12.1. The third-order valence-electron chi connectivity index (χ3n) is 3.32. The summed E-state index contributed by atoms with van der Waals surface area (Å²) in [6.45, 7) is 0.509. The zero-order chi connectivity index (χ0) is 13.1. The van der Waals surface area contributed by atoms with Crippen LogP contribution in [0.25, 0.3) is 0 Å². The third-order valence-corrected chi connectivity index (χ3v) is 3.57. The van der Waals surface area contributed by atoms with Gasteiger partial charge in [0.15, 0.2) is 0 Å². The Balaban J connectivity index is 1.96. The van der Waals surface area contributed by atoms with E-state index in [0.717, 1.165) is 5.69 Å². The summed E-state index contributed by atoms with van der Waals surface area (Å²) in [5, 5.41) is 3.49. The minimum absolute atomic E-state index is 0.125. The number of nitrogens with zero attached hydrogens (tertiary/aromatic N) is 1. The van der Waals surface area contributed by atoms with Crippen molar-refractivity contribution in [2.75, 3.05) is 18.9 Å². The lowest BCUT2D eigenvalue weighted by Crippen LogP contribution is -2.45. The minimum atomic E-state index is -0.125. The number of nitrogens with one attached hydrogen (secondary N) is 1. The van der Waals surface area contributed by atoms with E-state index in [0.29, 0.717) is 17.5 Å². The third kappa shape index (κ3) is 3.15. The van der Waals surface area contributed by atoms with Crippen molar-refractivity contribution >= 4 is 23.3 Å². The predicted molar refractivity (Wildman–Crippen MR) is 73.8 cm³/mol. The highest BCUT2D eigenvalue weighted by Gasteiger charge is 2.34. The van der Waals surface area contributed by atoms with Crippen molar-refractivity contribution in [3.05, 3.63) is 29.3 Å². The molecule has 2 rings (SSSR count). The monoisotopic (exact) mass is 267 g/mol. The number of nitrogens with two attached hydrogens (primary N) is 1. The zero-order valence-electron chi connectivity index (χ0n) is 10.4. The summed E-state index contributed by atoms with van der Waals surface area (Å²) in [7, 11) is 1.79. The molecule has 0 radical (unpaired) electrons. The van der Waals surface area contributed by atoms with Gasteiger partial charge in [-0.3, -0.25) is 0 Å². The van der Waals surface area contributed by atoms with Gasteiger partial charge in [-0.1, -0.05) is 11.6 Å². The van der Waals surface area contributed by atoms with Crippen molar-refractivity contribution in [3.63, 3.8) is 0 Å². The number of likely N-dealkylation sites (N-methyl/N-ethyl adjacent to an activating group) is 1. The molecule has 0 spiro atoms. The average Bonchev–Trinajstić information content (AvgIpc) is 3.17. The van der Waals surface area contributed by atoms with Crippen LogP contribution in [0.5, 0.6) is 0 Å². The molecule has 2 amide bonds. The molecule has 0 heterocycles. The second kappa shape index (κ2) is 5.59. The summed E-state index contributed by atoms with van der Waals surface area (Å²) in [4.78, 5) is 13.8. The number of anilines is 1. The Kier molecular flexibility index (Phi) is 4.09. The first-order chi connectivity index (χ1) is 8.61. The number of hydrogen-bond donors (Lipinski definition) is 2. The van der Waals surface area contributed by atoms with Gasteiger partial charge < -0.3 is 16.0 Å². The van der Waals surface area contributed by atoms with E-state index < -0.39 is 0 Å². The Morgan fingerprint density at radius 1 is 1.50 bits per heavy atom. The molecule has 18 heavy (non-hydrogen) atoms. The Labute approximate surface area is 112 Å². The molecule has 0 bridgehead atoms. The zero-order valence-corrected chi connectivity index (χ0v) is 11.2. The molecule has 1 fully saturated rings. The van der Waals surface area contributed by atoms with Gasteiger partial charge in [0.1, 0.15) is 0 Å². The molecule has 1 aromatic carbocycles. The molecule has 1 saturated carbocycles. The fraction of sp³-hybridized carbons (Fsp3) is 0.462. The van der Waals surface area contributed by atoms with E-state index in [4.69, 9.17) is 17.3 Å². The van der Waals surface area contributed by atoms with E-state index in [-0.39, 0.29) is 12.1 Å². The van der Waals surface area contributed by atoms with Crippen LogP contribution in [0.2, 0.25) is 5.02 Å². The molecule has 1 aliphatic carbocycles. The van der Waals surface area contributed by atoms with Crippen LogP contribution in [-0.4, -0.2) is 30.6 Å². The summed E-state index contributed by atoms with van der Waals surface area (Å²) in [5.74, 6) is 0.566. The number of urea groups is 1. The molecule has 3 N–H and O–H groups in total. The van der Waals surface area contributed by atoms with Gasteiger partial charge >= 0.3 is 6.03 Å². The molecule has 0 saturated heterocycles. The second-order valence-electron chi connectivity index (χ2n) is 4.69. The Morgan fingerprint density at radius 3 is 2.61 bits per heavy atom. The highest BCUT2D eigenvalue weighted by atomic mass is 35.5. The molecule has 98 valence electrons. The number of halogens is 1. The van der Waals surface area contributed by atoms with Crippen LogP contribution in [0.4, 0.5) is 10.5 Å². The number of hydrogen-bond acceptors (Lipinski definition) is 2. The number of amides is 2. The molecule has 4 nitrogen and oxygen atoms in total. The van der Waals surface area contributed by atoms with E-state index in [2.05, 4.69) is 5.32 Å². The summed E-state index contributed by atoms with van der Waals surface area (Å²) in [6, 6.07) is 7.07. The van der Waals surface area contributed by atoms with Gasteiger partial charge in [-0.25, -0.2) is 4.79 Å². The first-order valence-electron chi connectivity index (χ1n) is 6.11. The topological polar surface area (TPSA) is 58.4 Å². The highest BCUT2D eigenvalue weighted by molar-refractivity contribution is 6.30. The van der Waals surface area contributed by atoms with Crippen LogP contribution in [0.3, 0.4) is 0 Å². The lowest BCUT2D eigenvalue weighted by molar-refractivity contribution is 0.198. The van der Waals surface area contributed by atoms with Crippen molar-refractivity contribution in [2.24, 2.45) is 11.7 Å². The van der Waals surface area contributed by atoms with Crippen LogP contribution < -0.4 is 11.1 Å². The summed E-state index contributed by atoms with van der Waals surface area (Å²) < 4.78 is 0. The Hall–Kier alpha value is -1.26. The fourth-order valence-corrected chi connectivity index (χ4v) is 2.17. The molecule has 1 aromatic rings. The van der Waals surface area contributed by atoms with Crippen LogP contribution in [-0.2, 0) is 0 Å². The second-order valence-corrected chi connectivity index (χ2v) is 5.12. The molecule has 5 heteroatoms. The van der Waals surface area contributed by atoms with E-state index in [1.807, 2.05) is 0 Å². The molecule has 1 unspecified atom stereocenters. The van der Waals surface area contributed by atoms with Crippen molar-refractivity contribution in [1.82, 2.24) is 4.90 Å². The van der Waals surface area contributed by atoms with Crippen LogP contribution in [0, 0.1) is 5.92 Å². The van der Waals surface area contributed by atoms with Crippen LogP contribution >= 0.6 is 11.6 Å². The summed E-state index contributed by atoms with van der Waals surface area (Å²) in [5.41, 5.74) is 6.47. The number of carbonyl (C=O) groups excluding carboxylic acids is 1. The van der Waals surface area contributed by atoms with Gasteiger partial charge in [0.25, 0.3) is 0 Å². The quantitative estimate of drug-likeness (QED) is 0.881. The maximum absolute atomic E-state index is 12.1. The molecular weight excluding hydrogens is 250 g/mol. The molecular formula is C13H18ClN3O. The number of benzene rings is 1. The van der Waals surface area contributed by atoms with Gasteiger partial charge in [-0.05, 0) is 43.0 Å². The first kappa shape index (κ1) is 13.2. The summed E-state index contributed by atoms with van der Waals surface area (Å²) >= 11 is 5.79. The first-order valence-corrected chi connectivity index (χ1v) is 6.49. The Bertz CT molecular complexity index is 417. The van der Waals surface area contributed by atoms with E-state index >= 15 is 0 Å². The standard InChI is InChI=1S/C13H18ClN3O/c1-17(12(8-15)9-2-3-9)13(18)16-11-6-4-10(14)5-7-11/h4-7,9,12H,2-3,8,15H2,1H3,(H,16,18). The lowest BCUT2D eigenvalue weighted by Gasteiger charge is -2.27. The van der Waals surface area contributed by atoms with Crippen molar-refractivity contribution in [3.8, 4) is 0 Å². The fourth-order valence-electron chi connectivity index (χ4n) is 2.04. The molecule has 1 aliphatic rings. The molecule has 0 aromatic heterocycles. The lowest BCUT2D eigenvalue weighted by atomic mass is 10.1. The van der Waals surface area contributed by atoms with Gasteiger partial charge in [0.05, 0.1) is 0 Å². The van der Waals surface area contributed by atoms with Gasteiger partial charge in [0, 0.05) is 30.3 Å². The van der Waals surface area contributed by atoms with E-state index in [1.165, 1.54) is 12.8 Å². The Morgan fingerprint density at radius 2 is 2.11 bits per heavy atom. The van der Waals surface area contributed by atoms with Crippen molar-refractivity contribution < 1.29 is 4.79 Å². The van der Waals surface area contributed by atoms with E-state index in [9.17, 15) is 4.79 Å². The number of carbonyl (C=O) groups is 1. The summed E-state index contributed by atoms with van der Waals surface area (Å²) in [6.07, 6.45) is 2.33. The number of rotatable bonds is 4. The van der Waals surface area contributed by atoms with Gasteiger partial charge in [-0.2, -0.15) is 0 Å². The van der Waals surface area contributed by atoms with Gasteiger partial charge in [-0.15, -0.1) is 0 Å². The highest BCUT2D eigenvalue weighted by Crippen LogP contribution is 2.34. The van der Waals surface area contributed by atoms with Crippen molar-refractivity contribution in [2.45, 2.75) is 18.9 Å². The predicted octanol–water partition coefficient (Wildman–Crippen LogP) is 2.54. The smallest absolute Gasteiger partial charge is 0.321 e. The molecule has 1 atom stereocenters. The minimum Gasteiger partial charge on any atom is -0.328 e. The normalized spacial score (nSPS) is 16.2. The van der Waals surface area contributed by atoms with E-state index in [1.54, 1.807) is 36.2 Å². The van der Waals surface area contributed by atoms with Crippen LogP contribution in [0.1, 0.15) is 12.8 Å². The maximum Gasteiger partial charge on any atom is 0.321 e. The van der Waals surface area contributed by atoms with Crippen LogP contribution in [0.15, 0.2) is 24.3 Å². The SMILES string of the molecule is CN(C(=O)Nc1ccc(Cl)cc1)C(CN)C1CC1. The van der Waals surface area contributed by atoms with Gasteiger partial charge in [0.2, 0.25) is 0 Å². The average molecular weight is 268 g/mol. The largest absolute Gasteiger partial charge is 0.328 e. The molecule has 0 aliphatic heterocycles. The van der Waals surface area contributed by atoms with Crippen molar-refractivity contribution in [1.29, 1.82) is 0 Å².